The van der Waals surface area contributed by atoms with E-state index in [1.807, 2.05) is 6.92 Å². The standard InChI is InChI=1S/C19H24O6/c1-10(2)16(20)24-14-9-18(5)6-7-19(22,25-18)11(3)8-13-15(14)12(4)17(21)23-13/h6-8,10,13-15,22H,4,9H2,1-3,5H3/b11-8-. The van der Waals surface area contributed by atoms with Crippen molar-refractivity contribution in [1.82, 2.24) is 0 Å². The van der Waals surface area contributed by atoms with Crippen molar-refractivity contribution in [2.75, 3.05) is 0 Å². The second-order valence-corrected chi connectivity index (χ2v) is 7.55. The Morgan fingerprint density at radius 1 is 1.44 bits per heavy atom. The minimum Gasteiger partial charge on any atom is -0.461 e. The Morgan fingerprint density at radius 3 is 2.76 bits per heavy atom. The van der Waals surface area contributed by atoms with Crippen molar-refractivity contribution in [1.29, 1.82) is 0 Å². The first kappa shape index (κ1) is 17.9. The summed E-state index contributed by atoms with van der Waals surface area (Å²) in [5, 5.41) is 10.7. The summed E-state index contributed by atoms with van der Waals surface area (Å²) >= 11 is 0. The molecule has 6 nitrogen and oxygen atoms in total. The van der Waals surface area contributed by atoms with Crippen LogP contribution in [-0.2, 0) is 23.8 Å². The van der Waals surface area contributed by atoms with Crippen LogP contribution in [0.1, 0.15) is 34.1 Å². The van der Waals surface area contributed by atoms with Gasteiger partial charge in [0.05, 0.1) is 17.4 Å². The highest BCUT2D eigenvalue weighted by molar-refractivity contribution is 5.91. The van der Waals surface area contributed by atoms with E-state index < -0.39 is 35.5 Å². The molecule has 5 atom stereocenters. The predicted molar refractivity (Wildman–Crippen MR) is 89.2 cm³/mol. The molecule has 1 N–H and O–H groups in total. The molecule has 1 fully saturated rings. The highest BCUT2D eigenvalue weighted by atomic mass is 16.6. The number of esters is 2. The fourth-order valence-electron chi connectivity index (χ4n) is 3.51. The number of fused-ring (bicyclic) bond motifs is 3. The Labute approximate surface area is 147 Å². The lowest BCUT2D eigenvalue weighted by Crippen LogP contribution is -2.41. The van der Waals surface area contributed by atoms with Crippen LogP contribution in [-0.4, -0.2) is 40.6 Å². The monoisotopic (exact) mass is 348 g/mol. The smallest absolute Gasteiger partial charge is 0.334 e. The fourth-order valence-corrected chi connectivity index (χ4v) is 3.51. The Balaban J connectivity index is 2.04. The molecule has 0 saturated carbocycles. The van der Waals surface area contributed by atoms with Crippen LogP contribution in [0.25, 0.3) is 0 Å². The maximum absolute atomic E-state index is 12.2. The maximum Gasteiger partial charge on any atom is 0.334 e. The zero-order valence-electron chi connectivity index (χ0n) is 14.9. The SMILES string of the molecule is C=C1C(=O)OC2/C=C(/C)C3(O)C=CC(C)(CC(OC(=O)C(C)C)C12)O3. The molecule has 0 radical (unpaired) electrons. The molecule has 0 aromatic rings. The normalized spacial score (nSPS) is 42.2. The first-order valence-electron chi connectivity index (χ1n) is 8.47. The van der Waals surface area contributed by atoms with Crippen LogP contribution in [0.15, 0.2) is 36.0 Å². The fraction of sp³-hybridized carbons (Fsp3) is 0.579. The van der Waals surface area contributed by atoms with Crippen LogP contribution in [0.4, 0.5) is 0 Å². The van der Waals surface area contributed by atoms with Gasteiger partial charge in [0.15, 0.2) is 0 Å². The number of carbonyl (C=O) groups excluding carboxylic acids is 2. The minimum absolute atomic E-state index is 0.271. The zero-order valence-corrected chi connectivity index (χ0v) is 14.9. The highest BCUT2D eigenvalue weighted by Crippen LogP contribution is 2.44. The van der Waals surface area contributed by atoms with Gasteiger partial charge >= 0.3 is 11.9 Å². The Morgan fingerprint density at radius 2 is 2.12 bits per heavy atom. The average Bonchev–Trinajstić information content (AvgIpc) is 2.97. The van der Waals surface area contributed by atoms with Gasteiger partial charge in [-0.05, 0) is 31.6 Å². The lowest BCUT2D eigenvalue weighted by atomic mass is 9.83. The van der Waals surface area contributed by atoms with E-state index in [-0.39, 0.29) is 23.9 Å². The molecule has 0 aromatic carbocycles. The highest BCUT2D eigenvalue weighted by Gasteiger charge is 2.52. The first-order valence-corrected chi connectivity index (χ1v) is 8.47. The van der Waals surface area contributed by atoms with Crippen molar-refractivity contribution in [3.8, 4) is 0 Å². The summed E-state index contributed by atoms with van der Waals surface area (Å²) in [4.78, 5) is 24.3. The van der Waals surface area contributed by atoms with E-state index in [9.17, 15) is 14.7 Å². The van der Waals surface area contributed by atoms with Crippen molar-refractivity contribution < 1.29 is 28.9 Å². The molecule has 0 amide bonds. The van der Waals surface area contributed by atoms with Gasteiger partial charge in [-0.1, -0.05) is 26.5 Å². The number of rotatable bonds is 2. The third kappa shape index (κ3) is 3.04. The zero-order chi connectivity index (χ0) is 18.6. The van der Waals surface area contributed by atoms with Gasteiger partial charge in [-0.25, -0.2) is 4.79 Å². The minimum atomic E-state index is -1.56. The summed E-state index contributed by atoms with van der Waals surface area (Å²) in [6, 6.07) is 0. The average molecular weight is 348 g/mol. The van der Waals surface area contributed by atoms with E-state index in [1.54, 1.807) is 39.0 Å². The third-order valence-electron chi connectivity index (χ3n) is 5.04. The van der Waals surface area contributed by atoms with Crippen molar-refractivity contribution in [3.05, 3.63) is 36.0 Å². The van der Waals surface area contributed by atoms with E-state index >= 15 is 0 Å². The number of ether oxygens (including phenoxy) is 3. The molecule has 3 aliphatic heterocycles. The van der Waals surface area contributed by atoms with Crippen LogP contribution >= 0.6 is 0 Å². The Hall–Kier alpha value is -1.92. The quantitative estimate of drug-likeness (QED) is 0.467. The molecule has 1 saturated heterocycles. The molecule has 5 unspecified atom stereocenters. The van der Waals surface area contributed by atoms with E-state index in [4.69, 9.17) is 14.2 Å². The van der Waals surface area contributed by atoms with Gasteiger partial charge in [0.25, 0.3) is 0 Å². The number of carbonyl (C=O) groups is 2. The van der Waals surface area contributed by atoms with Crippen molar-refractivity contribution in [2.24, 2.45) is 11.8 Å². The number of hydrogen-bond acceptors (Lipinski definition) is 6. The molecule has 0 aliphatic carbocycles. The lowest BCUT2D eigenvalue weighted by molar-refractivity contribution is -0.190. The molecule has 0 aromatic heterocycles. The molecule has 3 rings (SSSR count). The molecule has 3 aliphatic rings. The van der Waals surface area contributed by atoms with E-state index in [0.29, 0.717) is 5.57 Å². The molecule has 136 valence electrons. The van der Waals surface area contributed by atoms with Crippen LogP contribution in [0.2, 0.25) is 0 Å². The van der Waals surface area contributed by atoms with Gasteiger partial charge in [-0.3, -0.25) is 4.79 Å². The van der Waals surface area contributed by atoms with Gasteiger partial charge in [0, 0.05) is 12.0 Å². The Kier molecular flexibility index (Phi) is 4.16. The summed E-state index contributed by atoms with van der Waals surface area (Å²) in [7, 11) is 0. The lowest BCUT2D eigenvalue weighted by Gasteiger charge is -2.33. The summed E-state index contributed by atoms with van der Waals surface area (Å²) in [5.74, 6) is -3.26. The largest absolute Gasteiger partial charge is 0.461 e. The van der Waals surface area contributed by atoms with Crippen LogP contribution in [0.3, 0.4) is 0 Å². The summed E-state index contributed by atoms with van der Waals surface area (Å²) < 4.78 is 17.0. The molecule has 0 spiro atoms. The van der Waals surface area contributed by atoms with E-state index in [0.717, 1.165) is 0 Å². The van der Waals surface area contributed by atoms with Gasteiger partial charge in [0.1, 0.15) is 12.2 Å². The maximum atomic E-state index is 12.2. The third-order valence-corrected chi connectivity index (χ3v) is 5.04. The van der Waals surface area contributed by atoms with Crippen LogP contribution < -0.4 is 0 Å². The first-order chi connectivity index (χ1) is 11.5. The van der Waals surface area contributed by atoms with Crippen LogP contribution in [0, 0.1) is 11.8 Å². The van der Waals surface area contributed by atoms with Gasteiger partial charge in [0.2, 0.25) is 5.79 Å². The van der Waals surface area contributed by atoms with Crippen LogP contribution in [0.5, 0.6) is 0 Å². The topological polar surface area (TPSA) is 82.1 Å². The van der Waals surface area contributed by atoms with Gasteiger partial charge < -0.3 is 19.3 Å². The molecular weight excluding hydrogens is 324 g/mol. The summed E-state index contributed by atoms with van der Waals surface area (Å²) in [5.41, 5.74) is -0.0548. The van der Waals surface area contributed by atoms with E-state index in [1.165, 1.54) is 0 Å². The van der Waals surface area contributed by atoms with Crippen molar-refractivity contribution in [3.63, 3.8) is 0 Å². The second-order valence-electron chi connectivity index (χ2n) is 7.55. The second kappa shape index (κ2) is 5.81. The van der Waals surface area contributed by atoms with Crippen molar-refractivity contribution >= 4 is 11.9 Å². The van der Waals surface area contributed by atoms with E-state index in [2.05, 4.69) is 6.58 Å². The van der Waals surface area contributed by atoms with Gasteiger partial charge in [-0.2, -0.15) is 0 Å². The summed E-state index contributed by atoms with van der Waals surface area (Å²) in [6.45, 7) is 10.9. The van der Waals surface area contributed by atoms with Gasteiger partial charge in [-0.15, -0.1) is 0 Å². The summed E-state index contributed by atoms with van der Waals surface area (Å²) in [6.07, 6.45) is 3.96. The molecular formula is C19H24O6. The molecule has 3 heterocycles. The molecule has 25 heavy (non-hydrogen) atoms. The number of hydrogen-bond donors (Lipinski definition) is 1. The number of aliphatic hydroxyl groups is 1. The van der Waals surface area contributed by atoms with Crippen molar-refractivity contribution in [2.45, 2.75) is 57.7 Å². The predicted octanol–water partition coefficient (Wildman–Crippen LogP) is 2.04. The molecule has 6 heteroatoms. The molecule has 2 bridgehead atoms. The Bertz CT molecular complexity index is 690.